The van der Waals surface area contributed by atoms with E-state index in [0.717, 1.165) is 18.7 Å². The average Bonchev–Trinajstić information content (AvgIpc) is 2.80. The van der Waals surface area contributed by atoms with Crippen LogP contribution in [0.5, 0.6) is 5.75 Å². The molecule has 0 saturated carbocycles. The van der Waals surface area contributed by atoms with Crippen LogP contribution in [0.1, 0.15) is 6.42 Å². The first-order valence-corrected chi connectivity index (χ1v) is 6.61. The van der Waals surface area contributed by atoms with Gasteiger partial charge >= 0.3 is 0 Å². The molecule has 0 bridgehead atoms. The first kappa shape index (κ1) is 12.0. The van der Waals surface area contributed by atoms with Crippen LogP contribution in [-0.2, 0) is 0 Å². The smallest absolute Gasteiger partial charge is 0.296 e. The van der Waals surface area contributed by atoms with Crippen LogP contribution in [0.4, 0.5) is 11.4 Å². The van der Waals surface area contributed by atoms with E-state index in [1.165, 1.54) is 17.9 Å². The van der Waals surface area contributed by atoms with Crippen molar-refractivity contribution in [3.8, 4) is 5.75 Å². The third-order valence-corrected chi connectivity index (χ3v) is 4.01. The molecule has 17 heavy (non-hydrogen) atoms. The topological polar surface area (TPSA) is 75.4 Å². The van der Waals surface area contributed by atoms with Gasteiger partial charge in [0.2, 0.25) is 0 Å². The van der Waals surface area contributed by atoms with Crippen LogP contribution in [0.15, 0.2) is 18.2 Å². The highest BCUT2D eigenvalue weighted by atomic mass is 32.2. The number of hydrogen-bond acceptors (Lipinski definition) is 5. The summed E-state index contributed by atoms with van der Waals surface area (Å²) in [6.45, 7) is 0.749. The van der Waals surface area contributed by atoms with Crippen molar-refractivity contribution in [2.45, 2.75) is 6.42 Å². The van der Waals surface area contributed by atoms with Gasteiger partial charge in [0.05, 0.1) is 11.0 Å². The van der Waals surface area contributed by atoms with Crippen LogP contribution >= 0.6 is 11.8 Å². The number of benzene rings is 1. The van der Waals surface area contributed by atoms with E-state index in [0.29, 0.717) is 11.6 Å². The number of hydrogen-bond donors (Lipinski definition) is 2. The fourth-order valence-electron chi connectivity index (χ4n) is 1.82. The van der Waals surface area contributed by atoms with E-state index in [9.17, 15) is 15.2 Å². The Labute approximate surface area is 103 Å². The van der Waals surface area contributed by atoms with Crippen molar-refractivity contribution >= 4 is 23.1 Å². The third kappa shape index (κ3) is 3.03. The molecule has 1 aromatic carbocycles. The van der Waals surface area contributed by atoms with Crippen LogP contribution in [0.3, 0.4) is 0 Å². The van der Waals surface area contributed by atoms with E-state index in [1.807, 2.05) is 11.8 Å². The summed E-state index contributed by atoms with van der Waals surface area (Å²) in [4.78, 5) is 10.3. The van der Waals surface area contributed by atoms with E-state index in [2.05, 4.69) is 5.32 Å². The number of aromatic hydroxyl groups is 1. The average molecular weight is 254 g/mol. The summed E-state index contributed by atoms with van der Waals surface area (Å²) in [5.41, 5.74) is 0.403. The molecule has 0 amide bonds. The van der Waals surface area contributed by atoms with Crippen molar-refractivity contribution in [1.82, 2.24) is 0 Å². The first-order valence-electron chi connectivity index (χ1n) is 5.46. The minimum absolute atomic E-state index is 0.0735. The molecule has 2 N–H and O–H groups in total. The number of nitro benzene ring substituents is 1. The van der Waals surface area contributed by atoms with Crippen LogP contribution in [-0.4, -0.2) is 28.1 Å². The van der Waals surface area contributed by atoms with Crippen LogP contribution in [0.25, 0.3) is 0 Å². The van der Waals surface area contributed by atoms with Gasteiger partial charge in [-0.2, -0.15) is 11.8 Å². The summed E-state index contributed by atoms with van der Waals surface area (Å²) in [6, 6.07) is 4.18. The number of thioether (sulfide) groups is 1. The summed E-state index contributed by atoms with van der Waals surface area (Å²) in [7, 11) is 0. The fraction of sp³-hybridized carbons (Fsp3) is 0.455. The molecule has 1 aliphatic heterocycles. The molecular formula is C11H14N2O3S. The first-order chi connectivity index (χ1) is 8.16. The summed E-state index contributed by atoms with van der Waals surface area (Å²) in [5, 5.41) is 23.1. The molecule has 1 atom stereocenters. The zero-order valence-corrected chi connectivity index (χ0v) is 10.1. The summed E-state index contributed by atoms with van der Waals surface area (Å²) < 4.78 is 0. The van der Waals surface area contributed by atoms with Crippen LogP contribution in [0, 0.1) is 16.0 Å². The van der Waals surface area contributed by atoms with Crippen LogP contribution < -0.4 is 5.32 Å². The second kappa shape index (κ2) is 5.27. The van der Waals surface area contributed by atoms with Crippen molar-refractivity contribution in [1.29, 1.82) is 0 Å². The number of nitrogens with one attached hydrogen (secondary N) is 1. The van der Waals surface area contributed by atoms with Gasteiger partial charge < -0.3 is 10.4 Å². The second-order valence-electron chi connectivity index (χ2n) is 4.07. The molecule has 1 fully saturated rings. The fourth-order valence-corrected chi connectivity index (χ4v) is 3.10. The highest BCUT2D eigenvalue weighted by Gasteiger charge is 2.18. The van der Waals surface area contributed by atoms with Gasteiger partial charge in [-0.1, -0.05) is 0 Å². The lowest BCUT2D eigenvalue weighted by Crippen LogP contribution is -2.14. The van der Waals surface area contributed by atoms with Gasteiger partial charge in [0.25, 0.3) is 5.69 Å². The monoisotopic (exact) mass is 254 g/mol. The Hall–Kier alpha value is -1.43. The molecule has 6 heteroatoms. The summed E-state index contributed by atoms with van der Waals surface area (Å²) in [5.74, 6) is 2.77. The predicted molar refractivity (Wildman–Crippen MR) is 68.7 cm³/mol. The van der Waals surface area contributed by atoms with E-state index in [1.54, 1.807) is 6.07 Å². The standard InChI is InChI=1S/C11H14N2O3S/c14-9-1-2-10(11(5-9)13(15)16)12-6-8-3-4-17-7-8/h1-2,5,8,12,14H,3-4,6-7H2. The number of phenolic OH excluding ortho intramolecular Hbond substituents is 1. The number of rotatable bonds is 4. The molecular weight excluding hydrogens is 240 g/mol. The van der Waals surface area contributed by atoms with E-state index >= 15 is 0 Å². The molecule has 1 saturated heterocycles. The SMILES string of the molecule is O=[N+]([O-])c1cc(O)ccc1NCC1CCSC1. The van der Waals surface area contributed by atoms with Gasteiger partial charge in [-0.15, -0.1) is 0 Å². The van der Waals surface area contributed by atoms with Gasteiger partial charge in [0.15, 0.2) is 0 Å². The summed E-state index contributed by atoms with van der Waals surface area (Å²) >= 11 is 1.92. The van der Waals surface area contributed by atoms with E-state index in [-0.39, 0.29) is 11.4 Å². The molecule has 0 radical (unpaired) electrons. The Kier molecular flexibility index (Phi) is 3.73. The van der Waals surface area contributed by atoms with Crippen molar-refractivity contribution in [2.24, 2.45) is 5.92 Å². The normalized spacial score (nSPS) is 19.2. The van der Waals surface area contributed by atoms with E-state index in [4.69, 9.17) is 0 Å². The molecule has 92 valence electrons. The predicted octanol–water partition coefficient (Wildman–Crippen LogP) is 2.47. The molecule has 0 aliphatic carbocycles. The largest absolute Gasteiger partial charge is 0.508 e. The Morgan fingerprint density at radius 1 is 1.59 bits per heavy atom. The maximum Gasteiger partial charge on any atom is 0.296 e. The minimum atomic E-state index is -0.481. The van der Waals surface area contributed by atoms with Crippen molar-refractivity contribution in [3.05, 3.63) is 28.3 Å². The molecule has 1 heterocycles. The van der Waals surface area contributed by atoms with Gasteiger partial charge in [-0.25, -0.2) is 0 Å². The third-order valence-electron chi connectivity index (χ3n) is 2.78. The molecule has 1 unspecified atom stereocenters. The Morgan fingerprint density at radius 2 is 2.41 bits per heavy atom. The van der Waals surface area contributed by atoms with Gasteiger partial charge in [0, 0.05) is 6.54 Å². The second-order valence-corrected chi connectivity index (χ2v) is 5.22. The lowest BCUT2D eigenvalue weighted by molar-refractivity contribution is -0.384. The number of anilines is 1. The molecule has 1 aromatic rings. The Balaban J connectivity index is 2.06. The minimum Gasteiger partial charge on any atom is -0.508 e. The molecule has 0 spiro atoms. The number of nitro groups is 1. The van der Waals surface area contributed by atoms with Gasteiger partial charge in [0.1, 0.15) is 11.4 Å². The highest BCUT2D eigenvalue weighted by Crippen LogP contribution is 2.30. The van der Waals surface area contributed by atoms with Gasteiger partial charge in [-0.3, -0.25) is 10.1 Å². The number of phenols is 1. The number of nitrogens with zero attached hydrogens (tertiary/aromatic N) is 1. The summed E-state index contributed by atoms with van der Waals surface area (Å²) in [6.07, 6.45) is 1.16. The Morgan fingerprint density at radius 3 is 3.06 bits per heavy atom. The van der Waals surface area contributed by atoms with Crippen molar-refractivity contribution in [2.75, 3.05) is 23.4 Å². The Bertz CT molecular complexity index is 419. The lowest BCUT2D eigenvalue weighted by atomic mass is 10.1. The molecule has 2 rings (SSSR count). The maximum atomic E-state index is 10.8. The molecule has 5 nitrogen and oxygen atoms in total. The highest BCUT2D eigenvalue weighted by molar-refractivity contribution is 7.99. The quantitative estimate of drug-likeness (QED) is 0.490. The van der Waals surface area contributed by atoms with Crippen molar-refractivity contribution in [3.63, 3.8) is 0 Å². The lowest BCUT2D eigenvalue weighted by Gasteiger charge is -2.11. The molecule has 0 aromatic heterocycles. The van der Waals surface area contributed by atoms with Crippen LogP contribution in [0.2, 0.25) is 0 Å². The van der Waals surface area contributed by atoms with Gasteiger partial charge in [-0.05, 0) is 36.0 Å². The maximum absolute atomic E-state index is 10.8. The van der Waals surface area contributed by atoms with E-state index < -0.39 is 4.92 Å². The zero-order valence-electron chi connectivity index (χ0n) is 9.26. The molecule has 1 aliphatic rings. The zero-order chi connectivity index (χ0) is 12.3. The van der Waals surface area contributed by atoms with Crippen molar-refractivity contribution < 1.29 is 10.0 Å².